The Hall–Kier alpha value is -2.38. The Bertz CT molecular complexity index is 784. The summed E-state index contributed by atoms with van der Waals surface area (Å²) in [5.41, 5.74) is -0.120. The first-order valence-electron chi connectivity index (χ1n) is 10.8. The Morgan fingerprint density at radius 2 is 1.68 bits per heavy atom. The number of benzene rings is 1. The van der Waals surface area contributed by atoms with Crippen molar-refractivity contribution in [1.82, 2.24) is 15.7 Å². The average Bonchev–Trinajstić information content (AvgIpc) is 2.64. The molecule has 31 heavy (non-hydrogen) atoms. The van der Waals surface area contributed by atoms with Crippen LogP contribution in [0.2, 0.25) is 0 Å². The van der Waals surface area contributed by atoms with Crippen LogP contribution in [0.25, 0.3) is 0 Å². The van der Waals surface area contributed by atoms with E-state index in [1.54, 1.807) is 30.3 Å². The number of rotatable bonds is 7. The SMILES string of the molecule is CC(=O)N[C@@H](/C=C/[C@H](C)C(=O)NC1CC(C)(C)N([O])C(C)(C)C1)Cc1ccc(O)cc1. The lowest BCUT2D eigenvalue weighted by molar-refractivity contribution is -0.290. The summed E-state index contributed by atoms with van der Waals surface area (Å²) in [6.07, 6.45) is 5.38. The minimum atomic E-state index is -0.542. The molecular formula is C24H36N3O4. The monoisotopic (exact) mass is 430 g/mol. The molecule has 7 heteroatoms. The number of nitrogens with zero attached hydrogens (tertiary/aromatic N) is 1. The Morgan fingerprint density at radius 3 is 2.19 bits per heavy atom. The molecule has 2 atom stereocenters. The molecule has 1 aliphatic heterocycles. The van der Waals surface area contributed by atoms with Gasteiger partial charge in [0.05, 0.1) is 12.0 Å². The summed E-state index contributed by atoms with van der Waals surface area (Å²) < 4.78 is 0. The van der Waals surface area contributed by atoms with Crippen LogP contribution < -0.4 is 10.6 Å². The Kier molecular flexibility index (Phi) is 7.89. The second-order valence-corrected chi connectivity index (χ2v) is 9.88. The molecule has 1 aromatic rings. The summed E-state index contributed by atoms with van der Waals surface area (Å²) in [5, 5.41) is 29.1. The zero-order chi connectivity index (χ0) is 23.4. The normalized spacial score (nSPS) is 20.9. The van der Waals surface area contributed by atoms with Gasteiger partial charge in [0.15, 0.2) is 0 Å². The molecule has 1 radical (unpaired) electrons. The zero-order valence-electron chi connectivity index (χ0n) is 19.4. The van der Waals surface area contributed by atoms with Crippen molar-refractivity contribution in [3.63, 3.8) is 0 Å². The third-order valence-corrected chi connectivity index (χ3v) is 5.76. The minimum absolute atomic E-state index is 0.0679. The number of piperidine rings is 1. The van der Waals surface area contributed by atoms with Gasteiger partial charge >= 0.3 is 0 Å². The molecule has 2 amide bonds. The number of hydrogen-bond donors (Lipinski definition) is 3. The second kappa shape index (κ2) is 9.83. The van der Waals surface area contributed by atoms with E-state index in [2.05, 4.69) is 10.6 Å². The van der Waals surface area contributed by atoms with Crippen molar-refractivity contribution in [3.8, 4) is 5.75 Å². The van der Waals surface area contributed by atoms with Gasteiger partial charge in [-0.2, -0.15) is 0 Å². The van der Waals surface area contributed by atoms with Gasteiger partial charge in [-0.15, -0.1) is 10.3 Å². The fourth-order valence-electron chi connectivity index (χ4n) is 4.40. The number of phenols is 1. The molecule has 0 saturated carbocycles. The van der Waals surface area contributed by atoms with Gasteiger partial charge in [0, 0.05) is 24.0 Å². The number of hydrogen-bond acceptors (Lipinski definition) is 4. The minimum Gasteiger partial charge on any atom is -0.508 e. The first-order chi connectivity index (χ1) is 14.3. The van der Waals surface area contributed by atoms with Gasteiger partial charge in [-0.3, -0.25) is 9.59 Å². The van der Waals surface area contributed by atoms with E-state index in [0.717, 1.165) is 10.6 Å². The van der Waals surface area contributed by atoms with Crippen molar-refractivity contribution < 1.29 is 19.9 Å². The van der Waals surface area contributed by atoms with E-state index in [4.69, 9.17) is 0 Å². The zero-order valence-corrected chi connectivity index (χ0v) is 19.4. The molecule has 3 N–H and O–H groups in total. The summed E-state index contributed by atoms with van der Waals surface area (Å²) in [6.45, 7) is 10.9. The quantitative estimate of drug-likeness (QED) is 0.579. The molecule has 0 spiro atoms. The topological polar surface area (TPSA) is 102 Å². The maximum absolute atomic E-state index is 12.8. The molecule has 1 aromatic carbocycles. The molecule has 0 unspecified atom stereocenters. The predicted octanol–water partition coefficient (Wildman–Crippen LogP) is 3.12. The largest absolute Gasteiger partial charge is 0.508 e. The standard InChI is InChI=1S/C24H36N3O4/c1-16(22(30)26-20-14-23(3,4)27(31)24(5,6)15-20)7-10-19(25-17(2)28)13-18-8-11-21(29)12-9-18/h7-12,16,19-20,29H,13-15H2,1-6H3,(H,25,28)(H,26,30)/b10-7+/t16-,19-/m0/s1. The number of carbonyl (C=O) groups excluding carboxylic acids is 2. The lowest BCUT2D eigenvalue weighted by atomic mass is 9.79. The van der Waals surface area contributed by atoms with Crippen LogP contribution in [-0.2, 0) is 21.2 Å². The van der Waals surface area contributed by atoms with Crippen molar-refractivity contribution >= 4 is 11.8 Å². The fourth-order valence-corrected chi connectivity index (χ4v) is 4.40. The first kappa shape index (κ1) is 24.9. The van der Waals surface area contributed by atoms with E-state index in [1.165, 1.54) is 6.92 Å². The second-order valence-electron chi connectivity index (χ2n) is 9.88. The van der Waals surface area contributed by atoms with E-state index < -0.39 is 11.1 Å². The molecule has 7 nitrogen and oxygen atoms in total. The molecule has 171 valence electrons. The molecule has 0 bridgehead atoms. The van der Waals surface area contributed by atoms with Crippen LogP contribution in [0.1, 0.15) is 59.9 Å². The smallest absolute Gasteiger partial charge is 0.226 e. The van der Waals surface area contributed by atoms with Gasteiger partial charge in [-0.05, 0) is 64.7 Å². The summed E-state index contributed by atoms with van der Waals surface area (Å²) in [6, 6.07) is 6.49. The molecule has 2 rings (SSSR count). The number of amides is 2. The summed E-state index contributed by atoms with van der Waals surface area (Å²) in [4.78, 5) is 24.4. The number of phenolic OH excluding ortho intramolecular Hbond substituents is 1. The maximum Gasteiger partial charge on any atom is 0.226 e. The number of carbonyl (C=O) groups is 2. The average molecular weight is 431 g/mol. The van der Waals surface area contributed by atoms with E-state index in [1.807, 2.05) is 40.7 Å². The fraction of sp³-hybridized carbons (Fsp3) is 0.583. The van der Waals surface area contributed by atoms with Crippen molar-refractivity contribution in [3.05, 3.63) is 42.0 Å². The van der Waals surface area contributed by atoms with Crippen LogP contribution in [0, 0.1) is 5.92 Å². The molecule has 0 aliphatic carbocycles. The van der Waals surface area contributed by atoms with Crippen LogP contribution in [0.3, 0.4) is 0 Å². The highest BCUT2D eigenvalue weighted by molar-refractivity contribution is 5.80. The third kappa shape index (κ3) is 7.08. The molecule has 1 aliphatic rings. The van der Waals surface area contributed by atoms with Gasteiger partial charge in [-0.25, -0.2) is 0 Å². The highest BCUT2D eigenvalue weighted by Gasteiger charge is 2.46. The van der Waals surface area contributed by atoms with Crippen molar-refractivity contribution in [2.45, 2.75) is 84.0 Å². The van der Waals surface area contributed by atoms with E-state index in [-0.39, 0.29) is 35.6 Å². The number of hydroxylamine groups is 2. The van der Waals surface area contributed by atoms with Crippen LogP contribution in [-0.4, -0.2) is 45.1 Å². The summed E-state index contributed by atoms with van der Waals surface area (Å²) in [5.74, 6) is -0.444. The highest BCUT2D eigenvalue weighted by Crippen LogP contribution is 2.37. The summed E-state index contributed by atoms with van der Waals surface area (Å²) in [7, 11) is 0. The van der Waals surface area contributed by atoms with Crippen LogP contribution in [0.5, 0.6) is 5.75 Å². The number of aromatic hydroxyl groups is 1. The van der Waals surface area contributed by atoms with Crippen molar-refractivity contribution in [2.75, 3.05) is 0 Å². The van der Waals surface area contributed by atoms with Crippen LogP contribution >= 0.6 is 0 Å². The van der Waals surface area contributed by atoms with Crippen LogP contribution in [0.4, 0.5) is 0 Å². The molecule has 1 saturated heterocycles. The number of nitrogens with one attached hydrogen (secondary N) is 2. The molecule has 1 fully saturated rings. The van der Waals surface area contributed by atoms with Gasteiger partial charge < -0.3 is 15.7 Å². The van der Waals surface area contributed by atoms with Crippen molar-refractivity contribution in [1.29, 1.82) is 0 Å². The summed E-state index contributed by atoms with van der Waals surface area (Å²) >= 11 is 0. The maximum atomic E-state index is 12.8. The molecule has 1 heterocycles. The highest BCUT2D eigenvalue weighted by atomic mass is 16.5. The molecular weight excluding hydrogens is 394 g/mol. The Balaban J connectivity index is 2.01. The molecule has 0 aromatic heterocycles. The van der Waals surface area contributed by atoms with Gasteiger partial charge in [-0.1, -0.05) is 31.2 Å². The van der Waals surface area contributed by atoms with Gasteiger partial charge in [0.1, 0.15) is 5.75 Å². The van der Waals surface area contributed by atoms with E-state index >= 15 is 0 Å². The van der Waals surface area contributed by atoms with Crippen molar-refractivity contribution in [2.24, 2.45) is 5.92 Å². The Labute approximate surface area is 185 Å². The lowest BCUT2D eigenvalue weighted by Crippen LogP contribution is -2.62. The van der Waals surface area contributed by atoms with Gasteiger partial charge in [0.25, 0.3) is 0 Å². The van der Waals surface area contributed by atoms with Crippen LogP contribution in [0.15, 0.2) is 36.4 Å². The lowest BCUT2D eigenvalue weighted by Gasteiger charge is -2.50. The predicted molar refractivity (Wildman–Crippen MR) is 120 cm³/mol. The Morgan fingerprint density at radius 1 is 1.13 bits per heavy atom. The third-order valence-electron chi connectivity index (χ3n) is 5.76. The van der Waals surface area contributed by atoms with E-state index in [9.17, 15) is 19.9 Å². The van der Waals surface area contributed by atoms with E-state index in [0.29, 0.717) is 19.3 Å². The van der Waals surface area contributed by atoms with Gasteiger partial charge in [0.2, 0.25) is 11.8 Å². The first-order valence-corrected chi connectivity index (χ1v) is 10.8.